The number of benzene rings is 2. The Labute approximate surface area is 211 Å². The molecule has 180 valence electrons. The Morgan fingerprint density at radius 3 is 2.64 bits per heavy atom. The molecule has 0 bridgehead atoms. The summed E-state index contributed by atoms with van der Waals surface area (Å²) in [7, 11) is 1.53. The Kier molecular flexibility index (Phi) is 6.50. The number of aromatic nitrogens is 4. The van der Waals surface area contributed by atoms with Crippen molar-refractivity contribution in [1.29, 1.82) is 0 Å². The van der Waals surface area contributed by atoms with Crippen molar-refractivity contribution in [2.45, 2.75) is 0 Å². The van der Waals surface area contributed by atoms with E-state index in [1.165, 1.54) is 7.11 Å². The van der Waals surface area contributed by atoms with Gasteiger partial charge in [-0.3, -0.25) is 15.1 Å². The molecule has 0 spiro atoms. The summed E-state index contributed by atoms with van der Waals surface area (Å²) in [4.78, 5) is 25.3. The molecule has 0 aliphatic rings. The average molecular weight is 501 g/mol. The van der Waals surface area contributed by atoms with Gasteiger partial charge in [0.25, 0.3) is 0 Å². The zero-order valence-electron chi connectivity index (χ0n) is 19.1. The van der Waals surface area contributed by atoms with Crippen molar-refractivity contribution < 1.29 is 9.53 Å². The molecular formula is C25H21ClN8O2. The largest absolute Gasteiger partial charge is 0.495 e. The average Bonchev–Trinajstić information content (AvgIpc) is 3.29. The van der Waals surface area contributed by atoms with Gasteiger partial charge in [0.1, 0.15) is 17.4 Å². The van der Waals surface area contributed by atoms with Crippen molar-refractivity contribution in [3.05, 3.63) is 90.6 Å². The molecule has 0 fully saturated rings. The lowest BCUT2D eigenvalue weighted by Crippen LogP contribution is -2.20. The van der Waals surface area contributed by atoms with Crippen LogP contribution in [0.4, 0.5) is 33.5 Å². The van der Waals surface area contributed by atoms with E-state index in [1.807, 2.05) is 47.3 Å². The molecule has 10 nitrogen and oxygen atoms in total. The number of hydrogen-bond acceptors (Lipinski definition) is 7. The first kappa shape index (κ1) is 22.9. The van der Waals surface area contributed by atoms with Crippen LogP contribution in [0.5, 0.6) is 5.75 Å². The minimum atomic E-state index is -0.419. The third-order valence-electron chi connectivity index (χ3n) is 5.22. The zero-order valence-corrected chi connectivity index (χ0v) is 19.8. The number of nitrogens with zero attached hydrogens (tertiary/aromatic N) is 4. The molecule has 11 heteroatoms. The fourth-order valence-electron chi connectivity index (χ4n) is 3.63. The molecule has 36 heavy (non-hydrogen) atoms. The maximum Gasteiger partial charge on any atom is 0.323 e. The Morgan fingerprint density at radius 2 is 1.81 bits per heavy atom. The van der Waals surface area contributed by atoms with E-state index in [4.69, 9.17) is 16.3 Å². The van der Waals surface area contributed by atoms with E-state index in [2.05, 4.69) is 36.3 Å². The van der Waals surface area contributed by atoms with Gasteiger partial charge in [0.15, 0.2) is 0 Å². The summed E-state index contributed by atoms with van der Waals surface area (Å²) in [5.74, 6) is 1.72. The first-order chi connectivity index (χ1) is 17.6. The van der Waals surface area contributed by atoms with Gasteiger partial charge in [-0.1, -0.05) is 17.7 Å². The fourth-order valence-corrected chi connectivity index (χ4v) is 3.80. The van der Waals surface area contributed by atoms with Crippen LogP contribution in [-0.2, 0) is 0 Å². The second-order valence-electron chi connectivity index (χ2n) is 7.61. The van der Waals surface area contributed by atoms with Crippen molar-refractivity contribution >= 4 is 57.2 Å². The van der Waals surface area contributed by atoms with E-state index in [0.717, 1.165) is 16.6 Å². The molecule has 2 aromatic carbocycles. The molecule has 0 unspecified atom stereocenters. The molecule has 0 saturated heterocycles. The van der Waals surface area contributed by atoms with Gasteiger partial charge < -0.3 is 20.7 Å². The molecule has 0 saturated carbocycles. The number of carbonyl (C=O) groups is 1. The van der Waals surface area contributed by atoms with Crippen molar-refractivity contribution in [2.75, 3.05) is 28.5 Å². The number of hydrogen-bond donors (Lipinski definition) is 4. The van der Waals surface area contributed by atoms with Crippen molar-refractivity contribution in [1.82, 2.24) is 19.6 Å². The van der Waals surface area contributed by atoms with Crippen molar-refractivity contribution in [3.63, 3.8) is 0 Å². The summed E-state index contributed by atoms with van der Waals surface area (Å²) in [6.45, 7) is 0. The van der Waals surface area contributed by atoms with Crippen LogP contribution in [0.15, 0.2) is 85.6 Å². The summed E-state index contributed by atoms with van der Waals surface area (Å²) in [5, 5.41) is 10.1. The predicted molar refractivity (Wildman–Crippen MR) is 141 cm³/mol. The Hall–Kier alpha value is -4.83. The lowest BCUT2D eigenvalue weighted by molar-refractivity contribution is 0.262. The molecule has 5 aromatic rings. The first-order valence-electron chi connectivity index (χ1n) is 10.9. The number of rotatable bonds is 7. The number of ether oxygens (including phenoxy) is 1. The number of anilines is 5. The van der Waals surface area contributed by atoms with E-state index < -0.39 is 6.03 Å². The number of pyridine rings is 1. The molecule has 0 radical (unpaired) electrons. The number of carbonyl (C=O) groups excluding carboxylic acids is 1. The number of amides is 2. The van der Waals surface area contributed by atoms with Crippen LogP contribution in [0.25, 0.3) is 10.9 Å². The molecule has 0 atom stereocenters. The lowest BCUT2D eigenvalue weighted by Gasteiger charge is -2.13. The van der Waals surface area contributed by atoms with Crippen LogP contribution in [0.1, 0.15) is 0 Å². The van der Waals surface area contributed by atoms with Crippen LogP contribution in [0.2, 0.25) is 5.02 Å². The first-order valence-corrected chi connectivity index (χ1v) is 11.2. The summed E-state index contributed by atoms with van der Waals surface area (Å²) in [6, 6.07) is 15.9. The Morgan fingerprint density at radius 1 is 0.944 bits per heavy atom. The molecule has 3 heterocycles. The van der Waals surface area contributed by atoms with Crippen molar-refractivity contribution in [3.8, 4) is 5.75 Å². The van der Waals surface area contributed by atoms with Gasteiger partial charge in [-0.25, -0.2) is 14.8 Å². The SMILES string of the molecule is COc1ccc(Cl)cc1NC(=O)Nc1cccc2c1ccn2Nc1ccnc(Nc2cnccn2)c1. The second-order valence-corrected chi connectivity index (χ2v) is 8.04. The predicted octanol–water partition coefficient (Wildman–Crippen LogP) is 5.75. The van der Waals surface area contributed by atoms with Gasteiger partial charge in [-0.2, -0.15) is 0 Å². The van der Waals surface area contributed by atoms with Gasteiger partial charge in [-0.05, 0) is 42.5 Å². The number of fused-ring (bicyclic) bond motifs is 1. The summed E-state index contributed by atoms with van der Waals surface area (Å²) in [6.07, 6.45) is 8.40. The summed E-state index contributed by atoms with van der Waals surface area (Å²) < 4.78 is 7.16. The van der Waals surface area contributed by atoms with Crippen LogP contribution in [0, 0.1) is 0 Å². The standard InChI is InChI=1S/C25H21ClN8O2/c1-36-22-6-5-16(26)13-20(22)31-25(35)30-19-3-2-4-21-18(19)8-12-34(21)33-17-7-9-28-23(14-17)32-24-15-27-10-11-29-24/h2-15H,1H3,(H2,30,31,35)(H2,28,29,32,33). The number of urea groups is 1. The normalized spacial score (nSPS) is 10.6. The highest BCUT2D eigenvalue weighted by Gasteiger charge is 2.12. The molecule has 0 aliphatic carbocycles. The monoisotopic (exact) mass is 500 g/mol. The van der Waals surface area contributed by atoms with E-state index in [-0.39, 0.29) is 0 Å². The third-order valence-corrected chi connectivity index (χ3v) is 5.45. The molecule has 4 N–H and O–H groups in total. The molecule has 2 amide bonds. The second kappa shape index (κ2) is 10.2. The van der Waals surface area contributed by atoms with Gasteiger partial charge in [0, 0.05) is 41.3 Å². The topological polar surface area (TPSA) is 118 Å². The van der Waals surface area contributed by atoms with Crippen molar-refractivity contribution in [2.24, 2.45) is 0 Å². The smallest absolute Gasteiger partial charge is 0.323 e. The van der Waals surface area contributed by atoms with E-state index in [9.17, 15) is 4.79 Å². The van der Waals surface area contributed by atoms with Crippen LogP contribution in [0.3, 0.4) is 0 Å². The molecule has 0 aliphatic heterocycles. The highest BCUT2D eigenvalue weighted by atomic mass is 35.5. The van der Waals surface area contributed by atoms with E-state index in [1.54, 1.807) is 43.0 Å². The van der Waals surface area contributed by atoms with Gasteiger partial charge in [0.2, 0.25) is 0 Å². The van der Waals surface area contributed by atoms with E-state index in [0.29, 0.717) is 33.8 Å². The molecular weight excluding hydrogens is 480 g/mol. The highest BCUT2D eigenvalue weighted by molar-refractivity contribution is 6.31. The highest BCUT2D eigenvalue weighted by Crippen LogP contribution is 2.29. The van der Waals surface area contributed by atoms with Crippen LogP contribution < -0.4 is 26.1 Å². The number of methoxy groups -OCH3 is 1. The zero-order chi connectivity index (χ0) is 24.9. The number of nitrogens with one attached hydrogen (secondary N) is 4. The lowest BCUT2D eigenvalue weighted by atomic mass is 10.2. The minimum absolute atomic E-state index is 0.419. The molecule has 3 aromatic heterocycles. The van der Waals surface area contributed by atoms with Gasteiger partial charge in [0.05, 0.1) is 35.9 Å². The Bertz CT molecular complexity index is 1520. The van der Waals surface area contributed by atoms with Gasteiger partial charge >= 0.3 is 6.03 Å². The van der Waals surface area contributed by atoms with Crippen LogP contribution in [-0.4, -0.2) is 32.8 Å². The Balaban J connectivity index is 1.33. The summed E-state index contributed by atoms with van der Waals surface area (Å²) >= 11 is 6.06. The molecule has 5 rings (SSSR count). The quantitative estimate of drug-likeness (QED) is 0.224. The van der Waals surface area contributed by atoms with E-state index >= 15 is 0 Å². The summed E-state index contributed by atoms with van der Waals surface area (Å²) in [5.41, 5.74) is 6.12. The maximum absolute atomic E-state index is 12.7. The third kappa shape index (κ3) is 5.13. The number of halogens is 1. The van der Waals surface area contributed by atoms with Crippen LogP contribution >= 0.6 is 11.6 Å². The van der Waals surface area contributed by atoms with Gasteiger partial charge in [-0.15, -0.1) is 0 Å². The maximum atomic E-state index is 12.7. The minimum Gasteiger partial charge on any atom is -0.495 e. The fraction of sp³-hybridized carbons (Fsp3) is 0.0400.